The van der Waals surface area contributed by atoms with Crippen LogP contribution in [0.2, 0.25) is 0 Å². The zero-order valence-electron chi connectivity index (χ0n) is 18.4. The molecule has 7 heteroatoms. The Kier molecular flexibility index (Phi) is 5.69. The molecule has 31 heavy (non-hydrogen) atoms. The summed E-state index contributed by atoms with van der Waals surface area (Å²) in [6.45, 7) is 6.02. The van der Waals surface area contributed by atoms with E-state index in [0.717, 1.165) is 65.6 Å². The topological polar surface area (TPSA) is 63.1 Å². The molecule has 1 aromatic carbocycles. The van der Waals surface area contributed by atoms with E-state index >= 15 is 0 Å². The van der Waals surface area contributed by atoms with Crippen LogP contribution in [0.25, 0.3) is 16.0 Å². The van der Waals surface area contributed by atoms with Gasteiger partial charge in [0.25, 0.3) is 0 Å². The molecule has 0 unspecified atom stereocenters. The van der Waals surface area contributed by atoms with E-state index < -0.39 is 0 Å². The van der Waals surface area contributed by atoms with Gasteiger partial charge in [0.15, 0.2) is 10.8 Å². The maximum absolute atomic E-state index is 12.6. The second-order valence-corrected chi connectivity index (χ2v) is 10.1. The number of piperidine rings is 1. The van der Waals surface area contributed by atoms with Gasteiger partial charge in [0.2, 0.25) is 5.91 Å². The number of carbonyl (C=O) groups excluding carboxylic acids is 1. The molecule has 2 aromatic heterocycles. The van der Waals surface area contributed by atoms with E-state index in [4.69, 9.17) is 10.1 Å². The first-order valence-corrected chi connectivity index (χ1v) is 12.4. The second-order valence-electron chi connectivity index (χ2n) is 9.09. The van der Waals surface area contributed by atoms with Crippen LogP contribution >= 0.6 is 11.3 Å². The van der Waals surface area contributed by atoms with Crippen molar-refractivity contribution in [2.75, 3.05) is 18.0 Å². The highest BCUT2D eigenvalue weighted by Gasteiger charge is 2.27. The summed E-state index contributed by atoms with van der Waals surface area (Å²) in [5.41, 5.74) is 4.24. The van der Waals surface area contributed by atoms with E-state index in [-0.39, 0.29) is 11.8 Å². The first kappa shape index (κ1) is 20.5. The summed E-state index contributed by atoms with van der Waals surface area (Å²) in [5, 5.41) is 9.12. The van der Waals surface area contributed by atoms with Crippen molar-refractivity contribution < 1.29 is 4.79 Å². The fourth-order valence-corrected chi connectivity index (χ4v) is 5.86. The van der Waals surface area contributed by atoms with E-state index in [1.165, 1.54) is 24.8 Å². The Balaban J connectivity index is 1.26. The quantitative estimate of drug-likeness (QED) is 0.639. The number of nitrogens with zero attached hydrogens (tertiary/aromatic N) is 4. The van der Waals surface area contributed by atoms with Crippen molar-refractivity contribution in [3.63, 3.8) is 0 Å². The lowest BCUT2D eigenvalue weighted by Crippen LogP contribution is -2.46. The van der Waals surface area contributed by atoms with Gasteiger partial charge in [0.1, 0.15) is 0 Å². The SMILES string of the molecule is Cc1ccc(-n2nc(C)c3sc(N4CCC(NC(=O)C5CCCCC5)CC4)nc32)cc1. The number of aromatic nitrogens is 3. The molecule has 1 aliphatic carbocycles. The van der Waals surface area contributed by atoms with Crippen molar-refractivity contribution in [1.29, 1.82) is 0 Å². The number of fused-ring (bicyclic) bond motifs is 1. The molecule has 0 spiro atoms. The average molecular weight is 438 g/mol. The molecular formula is C24H31N5OS. The fraction of sp³-hybridized carbons (Fsp3) is 0.542. The summed E-state index contributed by atoms with van der Waals surface area (Å²) >= 11 is 1.73. The monoisotopic (exact) mass is 437 g/mol. The van der Waals surface area contributed by atoms with E-state index in [1.54, 1.807) is 11.3 Å². The molecule has 0 atom stereocenters. The average Bonchev–Trinajstić information content (AvgIpc) is 3.36. The van der Waals surface area contributed by atoms with Crippen molar-refractivity contribution in [3.8, 4) is 5.69 Å². The van der Waals surface area contributed by atoms with Crippen LogP contribution in [-0.4, -0.2) is 39.8 Å². The predicted molar refractivity (Wildman–Crippen MR) is 126 cm³/mol. The standard InChI is InChI=1S/C24H31N5OS/c1-16-8-10-20(11-9-16)29-22-21(17(2)27-29)31-24(26-22)28-14-12-19(13-15-28)25-23(30)18-6-4-3-5-7-18/h8-11,18-19H,3-7,12-15H2,1-2H3,(H,25,30). The Hall–Kier alpha value is -2.41. The van der Waals surface area contributed by atoms with Crippen LogP contribution in [0, 0.1) is 19.8 Å². The number of hydrogen-bond donors (Lipinski definition) is 1. The summed E-state index contributed by atoms with van der Waals surface area (Å²) in [7, 11) is 0. The third-order valence-electron chi connectivity index (χ3n) is 6.74. The molecule has 164 valence electrons. The molecular weight excluding hydrogens is 406 g/mol. The minimum absolute atomic E-state index is 0.240. The van der Waals surface area contributed by atoms with Gasteiger partial charge in [-0.2, -0.15) is 10.1 Å². The minimum Gasteiger partial charge on any atom is -0.353 e. The predicted octanol–water partition coefficient (Wildman–Crippen LogP) is 4.76. The molecule has 1 saturated carbocycles. The van der Waals surface area contributed by atoms with Gasteiger partial charge in [-0.3, -0.25) is 4.79 Å². The molecule has 5 rings (SSSR count). The zero-order chi connectivity index (χ0) is 21.4. The minimum atomic E-state index is 0.240. The van der Waals surface area contributed by atoms with Gasteiger partial charge >= 0.3 is 0 Å². The maximum Gasteiger partial charge on any atom is 0.223 e. The molecule has 0 radical (unpaired) electrons. The van der Waals surface area contributed by atoms with Gasteiger partial charge < -0.3 is 10.2 Å². The highest BCUT2D eigenvalue weighted by atomic mass is 32.1. The Morgan fingerprint density at radius 1 is 1.03 bits per heavy atom. The van der Waals surface area contributed by atoms with Crippen molar-refractivity contribution >= 4 is 32.7 Å². The molecule has 0 bridgehead atoms. The number of thiazole rings is 1. The van der Waals surface area contributed by atoms with E-state index in [2.05, 4.69) is 48.3 Å². The molecule has 1 amide bonds. The van der Waals surface area contributed by atoms with Crippen LogP contribution in [0.5, 0.6) is 0 Å². The van der Waals surface area contributed by atoms with Crippen LogP contribution in [0.1, 0.15) is 56.2 Å². The third kappa shape index (κ3) is 4.20. The lowest BCUT2D eigenvalue weighted by atomic mass is 9.88. The molecule has 1 N–H and O–H groups in total. The van der Waals surface area contributed by atoms with Crippen LogP contribution in [0.4, 0.5) is 5.13 Å². The number of amides is 1. The number of nitrogens with one attached hydrogen (secondary N) is 1. The maximum atomic E-state index is 12.6. The van der Waals surface area contributed by atoms with E-state index in [9.17, 15) is 4.79 Å². The summed E-state index contributed by atoms with van der Waals surface area (Å²) in [6, 6.07) is 8.71. The summed E-state index contributed by atoms with van der Waals surface area (Å²) < 4.78 is 3.12. The number of rotatable bonds is 4. The van der Waals surface area contributed by atoms with Crippen molar-refractivity contribution in [3.05, 3.63) is 35.5 Å². The van der Waals surface area contributed by atoms with Gasteiger partial charge in [-0.15, -0.1) is 0 Å². The molecule has 2 fully saturated rings. The van der Waals surface area contributed by atoms with E-state index in [1.807, 2.05) is 4.68 Å². The molecule has 1 aliphatic heterocycles. The van der Waals surface area contributed by atoms with E-state index in [0.29, 0.717) is 6.04 Å². The number of hydrogen-bond acceptors (Lipinski definition) is 5. The summed E-state index contributed by atoms with van der Waals surface area (Å²) in [4.78, 5) is 19.9. The number of anilines is 1. The largest absolute Gasteiger partial charge is 0.353 e. The molecule has 6 nitrogen and oxygen atoms in total. The normalized spacial score (nSPS) is 18.6. The number of benzene rings is 1. The van der Waals surface area contributed by atoms with Crippen LogP contribution in [-0.2, 0) is 4.79 Å². The number of aryl methyl sites for hydroxylation is 2. The Bertz CT molecular complexity index is 1060. The second kappa shape index (κ2) is 8.61. The summed E-state index contributed by atoms with van der Waals surface area (Å²) in [6.07, 6.45) is 7.78. The van der Waals surface area contributed by atoms with Crippen LogP contribution in [0.3, 0.4) is 0 Å². The van der Waals surface area contributed by atoms with Crippen molar-refractivity contribution in [2.45, 2.75) is 64.8 Å². The Labute approximate surface area is 187 Å². The zero-order valence-corrected chi connectivity index (χ0v) is 19.2. The van der Waals surface area contributed by atoms with Gasteiger partial charge in [-0.05, 0) is 51.7 Å². The molecule has 2 aliphatic rings. The van der Waals surface area contributed by atoms with Crippen molar-refractivity contribution in [1.82, 2.24) is 20.1 Å². The fourth-order valence-electron chi connectivity index (χ4n) is 4.82. The lowest BCUT2D eigenvalue weighted by molar-refractivity contribution is -0.126. The lowest BCUT2D eigenvalue weighted by Gasteiger charge is -2.33. The first-order valence-electron chi connectivity index (χ1n) is 11.6. The Morgan fingerprint density at radius 3 is 2.45 bits per heavy atom. The third-order valence-corrected chi connectivity index (χ3v) is 7.96. The number of carbonyl (C=O) groups is 1. The molecule has 1 saturated heterocycles. The smallest absolute Gasteiger partial charge is 0.223 e. The van der Waals surface area contributed by atoms with Crippen molar-refractivity contribution in [2.24, 2.45) is 5.92 Å². The van der Waals surface area contributed by atoms with Crippen LogP contribution < -0.4 is 10.2 Å². The summed E-state index contributed by atoms with van der Waals surface area (Å²) in [5.74, 6) is 0.524. The first-order chi connectivity index (χ1) is 15.1. The highest BCUT2D eigenvalue weighted by molar-refractivity contribution is 7.22. The van der Waals surface area contributed by atoms with Gasteiger partial charge in [0, 0.05) is 25.0 Å². The van der Waals surface area contributed by atoms with Gasteiger partial charge in [-0.1, -0.05) is 48.3 Å². The Morgan fingerprint density at radius 2 is 1.74 bits per heavy atom. The highest BCUT2D eigenvalue weighted by Crippen LogP contribution is 2.34. The van der Waals surface area contributed by atoms with Gasteiger partial charge in [0.05, 0.1) is 16.1 Å². The molecule has 3 heterocycles. The van der Waals surface area contributed by atoms with Gasteiger partial charge in [-0.25, -0.2) is 4.68 Å². The molecule has 3 aromatic rings. The van der Waals surface area contributed by atoms with Crippen LogP contribution in [0.15, 0.2) is 24.3 Å².